The van der Waals surface area contributed by atoms with Crippen LogP contribution in [-0.4, -0.2) is 37.1 Å². The van der Waals surface area contributed by atoms with Crippen LogP contribution in [0.15, 0.2) is 30.3 Å². The molecule has 0 spiro atoms. The Morgan fingerprint density at radius 1 is 1.21 bits per heavy atom. The fourth-order valence-corrected chi connectivity index (χ4v) is 3.31. The summed E-state index contributed by atoms with van der Waals surface area (Å²) in [5.74, 6) is 0.897. The first-order valence-corrected chi connectivity index (χ1v) is 7.57. The lowest BCUT2D eigenvalue weighted by Gasteiger charge is -2.45. The Morgan fingerprint density at radius 2 is 1.95 bits per heavy atom. The van der Waals surface area contributed by atoms with Gasteiger partial charge < -0.3 is 10.2 Å². The highest BCUT2D eigenvalue weighted by Gasteiger charge is 2.33. The normalized spacial score (nSPS) is 30.1. The number of piperidine rings is 3. The number of nitrogens with one attached hydrogen (secondary N) is 1. The standard InChI is InChI=1S/C16H21ClN2/c17-15-5-3-13(4-6-15)2-1-9-18-16-12-19-10-7-14(16)8-11-19/h1-6,14,16,18H,7-12H2/b2-1+. The van der Waals surface area contributed by atoms with Gasteiger partial charge in [0.1, 0.15) is 0 Å². The van der Waals surface area contributed by atoms with Gasteiger partial charge in [-0.1, -0.05) is 35.9 Å². The van der Waals surface area contributed by atoms with E-state index >= 15 is 0 Å². The molecule has 1 aromatic rings. The van der Waals surface area contributed by atoms with Crippen LogP contribution in [0, 0.1) is 5.92 Å². The summed E-state index contributed by atoms with van der Waals surface area (Å²) >= 11 is 5.87. The Kier molecular flexibility index (Phi) is 4.21. The van der Waals surface area contributed by atoms with Crippen molar-refractivity contribution in [3.8, 4) is 0 Å². The van der Waals surface area contributed by atoms with Gasteiger partial charge in [-0.2, -0.15) is 0 Å². The van der Waals surface area contributed by atoms with Gasteiger partial charge in [-0.3, -0.25) is 0 Å². The molecule has 0 saturated carbocycles. The number of halogens is 1. The summed E-state index contributed by atoms with van der Waals surface area (Å²) in [4.78, 5) is 2.58. The molecule has 1 atom stereocenters. The average molecular weight is 277 g/mol. The van der Waals surface area contributed by atoms with E-state index in [0.717, 1.165) is 17.5 Å². The van der Waals surface area contributed by atoms with Crippen LogP contribution in [0.1, 0.15) is 18.4 Å². The summed E-state index contributed by atoms with van der Waals surface area (Å²) in [7, 11) is 0. The maximum atomic E-state index is 5.87. The first-order valence-electron chi connectivity index (χ1n) is 7.19. The van der Waals surface area contributed by atoms with Gasteiger partial charge in [-0.15, -0.1) is 0 Å². The fraction of sp³-hybridized carbons (Fsp3) is 0.500. The monoisotopic (exact) mass is 276 g/mol. The van der Waals surface area contributed by atoms with Crippen LogP contribution < -0.4 is 5.32 Å². The highest BCUT2D eigenvalue weighted by Crippen LogP contribution is 2.27. The number of hydrogen-bond acceptors (Lipinski definition) is 2. The van der Waals surface area contributed by atoms with E-state index in [2.05, 4.69) is 22.4 Å². The Morgan fingerprint density at radius 3 is 2.58 bits per heavy atom. The molecule has 3 heteroatoms. The van der Waals surface area contributed by atoms with Crippen LogP contribution in [0.3, 0.4) is 0 Å². The molecule has 3 saturated heterocycles. The van der Waals surface area contributed by atoms with Gasteiger partial charge in [0.2, 0.25) is 0 Å². The van der Waals surface area contributed by atoms with Crippen molar-refractivity contribution in [3.05, 3.63) is 40.9 Å². The van der Waals surface area contributed by atoms with Crippen molar-refractivity contribution in [1.82, 2.24) is 10.2 Å². The van der Waals surface area contributed by atoms with Crippen LogP contribution in [0.4, 0.5) is 0 Å². The molecule has 2 nitrogen and oxygen atoms in total. The molecule has 0 amide bonds. The van der Waals surface area contributed by atoms with Gasteiger partial charge in [0.25, 0.3) is 0 Å². The zero-order valence-electron chi connectivity index (χ0n) is 11.2. The molecule has 0 aromatic heterocycles. The quantitative estimate of drug-likeness (QED) is 0.909. The molecule has 1 N–H and O–H groups in total. The molecule has 19 heavy (non-hydrogen) atoms. The summed E-state index contributed by atoms with van der Waals surface area (Å²) in [6.07, 6.45) is 7.11. The molecule has 3 heterocycles. The van der Waals surface area contributed by atoms with Crippen molar-refractivity contribution >= 4 is 17.7 Å². The van der Waals surface area contributed by atoms with Gasteiger partial charge in [0, 0.05) is 24.2 Å². The molecule has 0 aliphatic carbocycles. The first-order chi connectivity index (χ1) is 9.31. The summed E-state index contributed by atoms with van der Waals surface area (Å²) in [6.45, 7) is 4.81. The van der Waals surface area contributed by atoms with Crippen LogP contribution in [0.5, 0.6) is 0 Å². The lowest BCUT2D eigenvalue weighted by atomic mass is 9.84. The largest absolute Gasteiger partial charge is 0.309 e. The summed E-state index contributed by atoms with van der Waals surface area (Å²) < 4.78 is 0. The van der Waals surface area contributed by atoms with Crippen LogP contribution in [-0.2, 0) is 0 Å². The number of rotatable bonds is 4. The van der Waals surface area contributed by atoms with E-state index in [1.807, 2.05) is 24.3 Å². The predicted octanol–water partition coefficient (Wildman–Crippen LogP) is 3.04. The molecule has 1 aromatic carbocycles. The lowest BCUT2D eigenvalue weighted by molar-refractivity contribution is 0.0745. The molecular formula is C16H21ClN2. The van der Waals surface area contributed by atoms with Crippen molar-refractivity contribution in [3.63, 3.8) is 0 Å². The minimum absolute atomic E-state index is 0.692. The zero-order valence-corrected chi connectivity index (χ0v) is 11.9. The van der Waals surface area contributed by atoms with E-state index in [4.69, 9.17) is 11.6 Å². The smallest absolute Gasteiger partial charge is 0.0406 e. The highest BCUT2D eigenvalue weighted by atomic mass is 35.5. The number of benzene rings is 1. The Hall–Kier alpha value is -0.830. The van der Waals surface area contributed by atoms with E-state index in [9.17, 15) is 0 Å². The van der Waals surface area contributed by atoms with Crippen molar-refractivity contribution in [1.29, 1.82) is 0 Å². The third-order valence-electron chi connectivity index (χ3n) is 4.33. The zero-order chi connectivity index (χ0) is 13.1. The molecule has 2 bridgehead atoms. The second-order valence-corrected chi connectivity index (χ2v) is 6.04. The van der Waals surface area contributed by atoms with Crippen molar-refractivity contribution < 1.29 is 0 Å². The molecule has 0 radical (unpaired) electrons. The molecule has 4 rings (SSSR count). The summed E-state index contributed by atoms with van der Waals surface area (Å²) in [5, 5.41) is 4.47. The Bertz CT molecular complexity index is 433. The third-order valence-corrected chi connectivity index (χ3v) is 4.59. The molecule has 3 fully saturated rings. The van der Waals surface area contributed by atoms with Gasteiger partial charge >= 0.3 is 0 Å². The Labute approximate surface area is 120 Å². The predicted molar refractivity (Wildman–Crippen MR) is 81.4 cm³/mol. The summed E-state index contributed by atoms with van der Waals surface area (Å²) in [6, 6.07) is 8.65. The maximum Gasteiger partial charge on any atom is 0.0406 e. The van der Waals surface area contributed by atoms with E-state index < -0.39 is 0 Å². The average Bonchev–Trinajstić information content (AvgIpc) is 2.47. The molecule has 1 unspecified atom stereocenters. The first kappa shape index (κ1) is 13.2. The van der Waals surface area contributed by atoms with Crippen molar-refractivity contribution in [2.45, 2.75) is 18.9 Å². The second-order valence-electron chi connectivity index (χ2n) is 5.61. The second kappa shape index (κ2) is 6.08. The van der Waals surface area contributed by atoms with Gasteiger partial charge in [0.15, 0.2) is 0 Å². The minimum atomic E-state index is 0.692. The number of hydrogen-bond donors (Lipinski definition) is 1. The van der Waals surface area contributed by atoms with Crippen LogP contribution >= 0.6 is 11.6 Å². The number of fused-ring (bicyclic) bond motifs is 3. The topological polar surface area (TPSA) is 15.3 Å². The highest BCUT2D eigenvalue weighted by molar-refractivity contribution is 6.30. The number of nitrogens with zero attached hydrogens (tertiary/aromatic N) is 1. The summed E-state index contributed by atoms with van der Waals surface area (Å²) in [5.41, 5.74) is 1.21. The van der Waals surface area contributed by atoms with Gasteiger partial charge in [0.05, 0.1) is 0 Å². The van der Waals surface area contributed by atoms with E-state index in [1.54, 1.807) is 0 Å². The SMILES string of the molecule is Clc1ccc(/C=C/CNC2CN3CCC2CC3)cc1. The van der Waals surface area contributed by atoms with Crippen LogP contribution in [0.25, 0.3) is 6.08 Å². The molecule has 3 aliphatic heterocycles. The third kappa shape index (κ3) is 3.38. The van der Waals surface area contributed by atoms with Gasteiger partial charge in [-0.25, -0.2) is 0 Å². The van der Waals surface area contributed by atoms with Crippen molar-refractivity contribution in [2.75, 3.05) is 26.2 Å². The van der Waals surface area contributed by atoms with Crippen molar-refractivity contribution in [2.24, 2.45) is 5.92 Å². The molecule has 3 aliphatic rings. The van der Waals surface area contributed by atoms with Crippen LogP contribution in [0.2, 0.25) is 5.02 Å². The van der Waals surface area contributed by atoms with E-state index in [-0.39, 0.29) is 0 Å². The molecular weight excluding hydrogens is 256 g/mol. The maximum absolute atomic E-state index is 5.87. The van der Waals surface area contributed by atoms with E-state index in [1.165, 1.54) is 38.0 Å². The van der Waals surface area contributed by atoms with E-state index in [0.29, 0.717) is 6.04 Å². The minimum Gasteiger partial charge on any atom is -0.309 e. The lowest BCUT2D eigenvalue weighted by Crippen LogP contribution is -2.56. The fourth-order valence-electron chi connectivity index (χ4n) is 3.18. The van der Waals surface area contributed by atoms with Gasteiger partial charge in [-0.05, 0) is 49.5 Å². The Balaban J connectivity index is 1.46. The molecule has 102 valence electrons.